The fraction of sp³-hybridized carbons (Fsp3) is 0.704. The Morgan fingerprint density at radius 3 is 2.39 bits per heavy atom. The van der Waals surface area contributed by atoms with Crippen LogP contribution in [-0.4, -0.2) is 64.2 Å². The van der Waals surface area contributed by atoms with Gasteiger partial charge in [0.2, 0.25) is 0 Å². The molecule has 33 heavy (non-hydrogen) atoms. The van der Waals surface area contributed by atoms with Crippen molar-refractivity contribution >= 4 is 11.8 Å². The van der Waals surface area contributed by atoms with Crippen molar-refractivity contribution < 1.29 is 14.7 Å². The number of aliphatic hydroxyl groups excluding tert-OH is 1. The molecule has 1 saturated carbocycles. The van der Waals surface area contributed by atoms with Crippen molar-refractivity contribution in [3.05, 3.63) is 35.9 Å². The second kappa shape index (κ2) is 10.1. The average Bonchev–Trinajstić information content (AvgIpc) is 2.97. The number of nitrogens with one attached hydrogen (secondary N) is 1. The summed E-state index contributed by atoms with van der Waals surface area (Å²) < 4.78 is 0. The number of piperidine rings is 1. The highest BCUT2D eigenvalue weighted by Crippen LogP contribution is 2.37. The maximum atomic E-state index is 13.2. The number of hydrogen-bond acceptors (Lipinski definition) is 4. The van der Waals surface area contributed by atoms with Crippen molar-refractivity contribution in [1.29, 1.82) is 0 Å². The quantitative estimate of drug-likeness (QED) is 0.677. The van der Waals surface area contributed by atoms with Gasteiger partial charge in [0, 0.05) is 25.0 Å². The Morgan fingerprint density at radius 1 is 1.09 bits per heavy atom. The Balaban J connectivity index is 1.34. The molecule has 2 N–H and O–H groups in total. The number of Topliss-reactive ketones (excluding diaryl/α,β-unsaturated/α-hetero) is 1. The summed E-state index contributed by atoms with van der Waals surface area (Å²) in [6.45, 7) is 2.60. The number of benzene rings is 1. The maximum absolute atomic E-state index is 13.2. The van der Waals surface area contributed by atoms with Crippen LogP contribution in [0, 0.1) is 5.92 Å². The van der Waals surface area contributed by atoms with Gasteiger partial charge in [0.25, 0.3) is 0 Å². The Labute approximate surface area is 198 Å². The number of carbonyl (C=O) groups is 2. The summed E-state index contributed by atoms with van der Waals surface area (Å²) in [5, 5.41) is 14.9. The molecule has 1 spiro atoms. The van der Waals surface area contributed by atoms with Crippen LogP contribution in [0.1, 0.15) is 76.7 Å². The SMILES string of the molecule is CN1C(=O)N(CC(=O)C2CCC3(CCCCCCC3)NC2)C(O)C1(C)CCc1ccccc1. The van der Waals surface area contributed by atoms with Crippen LogP contribution in [0.2, 0.25) is 0 Å². The van der Waals surface area contributed by atoms with E-state index in [1.54, 1.807) is 11.9 Å². The molecule has 2 amide bonds. The first-order valence-electron chi connectivity index (χ1n) is 12.9. The smallest absolute Gasteiger partial charge is 0.322 e. The van der Waals surface area contributed by atoms with Gasteiger partial charge < -0.3 is 15.3 Å². The van der Waals surface area contributed by atoms with Gasteiger partial charge in [-0.15, -0.1) is 0 Å². The first-order chi connectivity index (χ1) is 15.8. The zero-order valence-electron chi connectivity index (χ0n) is 20.4. The predicted octanol–water partition coefficient (Wildman–Crippen LogP) is 4.12. The molecule has 2 aliphatic heterocycles. The van der Waals surface area contributed by atoms with Gasteiger partial charge in [0.1, 0.15) is 0 Å². The standard InChI is InChI=1S/C27H41N3O3/c1-26(17-13-21-11-7-6-8-12-21)24(32)30(25(33)29(26)2)20-23(31)22-14-18-27(28-19-22)15-9-4-3-5-10-16-27/h6-8,11-12,22,24,28,32H,3-5,9-10,13-20H2,1-2H3. The number of rotatable bonds is 6. The second-order valence-electron chi connectivity index (χ2n) is 10.8. The summed E-state index contributed by atoms with van der Waals surface area (Å²) in [5.74, 6) is -0.0150. The van der Waals surface area contributed by atoms with Crippen LogP contribution in [0.5, 0.6) is 0 Å². The first kappa shape index (κ1) is 24.2. The molecule has 0 aromatic heterocycles. The number of aryl methyl sites for hydroxylation is 1. The van der Waals surface area contributed by atoms with Crippen LogP contribution in [0.4, 0.5) is 4.79 Å². The van der Waals surface area contributed by atoms with Crippen LogP contribution in [-0.2, 0) is 11.2 Å². The number of amides is 2. The molecular formula is C27H41N3O3. The highest BCUT2D eigenvalue weighted by atomic mass is 16.3. The molecular weight excluding hydrogens is 414 g/mol. The van der Waals surface area contributed by atoms with Crippen molar-refractivity contribution in [2.24, 2.45) is 5.92 Å². The van der Waals surface area contributed by atoms with E-state index in [2.05, 4.69) is 17.4 Å². The van der Waals surface area contributed by atoms with Crippen molar-refractivity contribution in [1.82, 2.24) is 15.1 Å². The third-order valence-electron chi connectivity index (χ3n) is 8.70. The monoisotopic (exact) mass is 455 g/mol. The van der Waals surface area contributed by atoms with Crippen LogP contribution in [0.3, 0.4) is 0 Å². The number of aliphatic hydroxyl groups is 1. The lowest BCUT2D eigenvalue weighted by atomic mass is 9.75. The molecule has 1 aromatic carbocycles. The zero-order valence-corrected chi connectivity index (χ0v) is 20.4. The highest BCUT2D eigenvalue weighted by Gasteiger charge is 2.52. The minimum absolute atomic E-state index is 0.00931. The summed E-state index contributed by atoms with van der Waals surface area (Å²) >= 11 is 0. The van der Waals surface area contributed by atoms with E-state index in [1.807, 2.05) is 25.1 Å². The molecule has 1 aliphatic carbocycles. The lowest BCUT2D eigenvalue weighted by Gasteiger charge is -2.42. The molecule has 2 saturated heterocycles. The van der Waals surface area contributed by atoms with Crippen molar-refractivity contribution in [2.75, 3.05) is 20.1 Å². The fourth-order valence-corrected chi connectivity index (χ4v) is 6.08. The van der Waals surface area contributed by atoms with Gasteiger partial charge in [-0.05, 0) is 51.0 Å². The first-order valence-corrected chi connectivity index (χ1v) is 12.9. The van der Waals surface area contributed by atoms with Gasteiger partial charge in [-0.1, -0.05) is 62.4 Å². The van der Waals surface area contributed by atoms with Gasteiger partial charge in [0.15, 0.2) is 12.0 Å². The molecule has 3 aliphatic rings. The lowest BCUT2D eigenvalue weighted by molar-refractivity contribution is -0.126. The molecule has 6 heteroatoms. The van der Waals surface area contributed by atoms with Crippen LogP contribution >= 0.6 is 0 Å². The van der Waals surface area contributed by atoms with Crippen molar-refractivity contribution in [3.8, 4) is 0 Å². The molecule has 3 atom stereocenters. The van der Waals surface area contributed by atoms with Crippen LogP contribution < -0.4 is 5.32 Å². The Bertz CT molecular complexity index is 811. The summed E-state index contributed by atoms with van der Waals surface area (Å²) in [4.78, 5) is 29.2. The van der Waals surface area contributed by atoms with Gasteiger partial charge in [0.05, 0.1) is 12.1 Å². The summed E-state index contributed by atoms with van der Waals surface area (Å²) in [7, 11) is 1.74. The van der Waals surface area contributed by atoms with Crippen LogP contribution in [0.15, 0.2) is 30.3 Å². The van der Waals surface area contributed by atoms with E-state index in [1.165, 1.54) is 55.4 Å². The number of hydrogen-bond donors (Lipinski definition) is 2. The molecule has 2 heterocycles. The van der Waals surface area contributed by atoms with E-state index in [-0.39, 0.29) is 29.8 Å². The summed E-state index contributed by atoms with van der Waals surface area (Å²) in [5.41, 5.74) is 0.662. The van der Waals surface area contributed by atoms with Crippen molar-refractivity contribution in [3.63, 3.8) is 0 Å². The van der Waals surface area contributed by atoms with Gasteiger partial charge >= 0.3 is 6.03 Å². The number of carbonyl (C=O) groups excluding carboxylic acids is 2. The molecule has 3 unspecified atom stereocenters. The maximum Gasteiger partial charge on any atom is 0.322 e. The topological polar surface area (TPSA) is 72.9 Å². The van der Waals surface area contributed by atoms with E-state index in [4.69, 9.17) is 0 Å². The fourth-order valence-electron chi connectivity index (χ4n) is 6.08. The zero-order chi connectivity index (χ0) is 23.5. The minimum Gasteiger partial charge on any atom is -0.371 e. The number of ketones is 1. The van der Waals surface area contributed by atoms with Crippen molar-refractivity contribution in [2.45, 2.75) is 94.9 Å². The number of nitrogens with zero attached hydrogens (tertiary/aromatic N) is 2. The minimum atomic E-state index is -0.990. The largest absolute Gasteiger partial charge is 0.371 e. The molecule has 4 rings (SSSR count). The van der Waals surface area contributed by atoms with Gasteiger partial charge in [-0.3, -0.25) is 9.69 Å². The number of likely N-dealkylation sites (N-methyl/N-ethyl adjacent to an activating group) is 1. The predicted molar refractivity (Wildman–Crippen MR) is 130 cm³/mol. The second-order valence-corrected chi connectivity index (χ2v) is 10.8. The number of urea groups is 1. The molecule has 6 nitrogen and oxygen atoms in total. The third-order valence-corrected chi connectivity index (χ3v) is 8.70. The van der Waals surface area contributed by atoms with E-state index in [9.17, 15) is 14.7 Å². The molecule has 1 aromatic rings. The highest BCUT2D eigenvalue weighted by molar-refractivity contribution is 5.88. The Morgan fingerprint density at radius 2 is 1.76 bits per heavy atom. The van der Waals surface area contributed by atoms with E-state index in [0.29, 0.717) is 13.0 Å². The third kappa shape index (κ3) is 5.12. The summed E-state index contributed by atoms with van der Waals surface area (Å²) in [6.07, 6.45) is 11.3. The lowest BCUT2D eigenvalue weighted by Crippen LogP contribution is -2.54. The van der Waals surface area contributed by atoms with Gasteiger partial charge in [-0.25, -0.2) is 4.79 Å². The molecule has 0 radical (unpaired) electrons. The van der Waals surface area contributed by atoms with E-state index < -0.39 is 11.8 Å². The molecule has 182 valence electrons. The Hall–Kier alpha value is -1.92. The average molecular weight is 456 g/mol. The van der Waals surface area contributed by atoms with E-state index in [0.717, 1.165) is 19.3 Å². The van der Waals surface area contributed by atoms with Gasteiger partial charge in [-0.2, -0.15) is 0 Å². The Kier molecular flexibility index (Phi) is 7.44. The molecule has 3 fully saturated rings. The molecule has 0 bridgehead atoms. The van der Waals surface area contributed by atoms with Crippen LogP contribution in [0.25, 0.3) is 0 Å². The normalized spacial score (nSPS) is 30.3. The van der Waals surface area contributed by atoms with E-state index >= 15 is 0 Å². The summed E-state index contributed by atoms with van der Waals surface area (Å²) in [6, 6.07) is 9.85.